The average molecular weight is 563 g/mol. The summed E-state index contributed by atoms with van der Waals surface area (Å²) >= 11 is 1.86. The summed E-state index contributed by atoms with van der Waals surface area (Å²) in [6.07, 6.45) is 6.21. The number of ether oxygens (including phenoxy) is 1. The molecule has 31 heavy (non-hydrogen) atoms. The van der Waals surface area contributed by atoms with Crippen LogP contribution in [0.1, 0.15) is 63.3 Å². The molecule has 0 radical (unpaired) electrons. The van der Waals surface area contributed by atoms with Crippen molar-refractivity contribution in [2.45, 2.75) is 64.5 Å². The van der Waals surface area contributed by atoms with Crippen molar-refractivity contribution < 1.29 is 9.53 Å². The number of halogens is 1. The van der Waals surface area contributed by atoms with Gasteiger partial charge in [-0.2, -0.15) is 0 Å². The van der Waals surface area contributed by atoms with E-state index in [1.807, 2.05) is 18.3 Å². The maximum atomic E-state index is 12.0. The van der Waals surface area contributed by atoms with Crippen molar-refractivity contribution in [1.29, 1.82) is 0 Å². The van der Waals surface area contributed by atoms with Gasteiger partial charge >= 0.3 is 5.97 Å². The smallest absolute Gasteiger partial charge is 0.308 e. The van der Waals surface area contributed by atoms with Gasteiger partial charge in [0.05, 0.1) is 12.5 Å². The number of likely N-dealkylation sites (tertiary alicyclic amines) is 1. The molecule has 1 saturated carbocycles. The van der Waals surface area contributed by atoms with E-state index in [1.165, 1.54) is 17.7 Å². The van der Waals surface area contributed by atoms with E-state index in [4.69, 9.17) is 9.73 Å². The van der Waals surface area contributed by atoms with E-state index in [1.54, 1.807) is 0 Å². The van der Waals surface area contributed by atoms with Crippen molar-refractivity contribution in [1.82, 2.24) is 15.5 Å². The lowest BCUT2D eigenvalue weighted by atomic mass is 9.86. The van der Waals surface area contributed by atoms with Crippen molar-refractivity contribution in [2.75, 3.05) is 33.3 Å². The fourth-order valence-electron chi connectivity index (χ4n) is 4.82. The topological polar surface area (TPSA) is 66.0 Å². The zero-order valence-corrected chi connectivity index (χ0v) is 22.3. The van der Waals surface area contributed by atoms with E-state index < -0.39 is 0 Å². The molecule has 0 aromatic carbocycles. The number of carbonyl (C=O) groups is 1. The first-order valence-corrected chi connectivity index (χ1v) is 12.4. The summed E-state index contributed by atoms with van der Waals surface area (Å²) in [6.45, 7) is 7.29. The molecule has 2 heterocycles. The highest BCUT2D eigenvalue weighted by atomic mass is 127. The molecule has 1 aromatic rings. The summed E-state index contributed by atoms with van der Waals surface area (Å²) in [5.41, 5.74) is 0. The molecule has 2 fully saturated rings. The van der Waals surface area contributed by atoms with Crippen molar-refractivity contribution in [3.8, 4) is 0 Å². The summed E-state index contributed by atoms with van der Waals surface area (Å²) in [6, 6.07) is 5.25. The van der Waals surface area contributed by atoms with Crippen molar-refractivity contribution >= 4 is 47.2 Å². The molecule has 6 nitrogen and oxygen atoms in total. The van der Waals surface area contributed by atoms with Gasteiger partial charge in [-0.3, -0.25) is 14.7 Å². The van der Waals surface area contributed by atoms with E-state index in [-0.39, 0.29) is 35.9 Å². The Labute approximate surface area is 208 Å². The van der Waals surface area contributed by atoms with E-state index >= 15 is 0 Å². The Hall–Kier alpha value is -0.870. The summed E-state index contributed by atoms with van der Waals surface area (Å²) in [5.74, 6) is 1.48. The predicted molar refractivity (Wildman–Crippen MR) is 139 cm³/mol. The van der Waals surface area contributed by atoms with Crippen LogP contribution in [0.25, 0.3) is 0 Å². The fourth-order valence-corrected chi connectivity index (χ4v) is 5.80. The third-order valence-electron chi connectivity index (χ3n) is 6.36. The van der Waals surface area contributed by atoms with Gasteiger partial charge in [-0.05, 0) is 83.3 Å². The lowest BCUT2D eigenvalue weighted by Crippen LogP contribution is -2.46. The van der Waals surface area contributed by atoms with E-state index in [9.17, 15) is 4.79 Å². The predicted octanol–water partition coefficient (Wildman–Crippen LogP) is 4.43. The zero-order valence-electron chi connectivity index (χ0n) is 19.1. The number of rotatable bonds is 7. The molecule has 0 amide bonds. The van der Waals surface area contributed by atoms with Gasteiger partial charge in [0.1, 0.15) is 0 Å². The lowest BCUT2D eigenvalue weighted by Gasteiger charge is -2.38. The monoisotopic (exact) mass is 562 g/mol. The number of guanidine groups is 1. The van der Waals surface area contributed by atoms with Crippen LogP contribution >= 0.6 is 35.3 Å². The van der Waals surface area contributed by atoms with E-state index in [2.05, 4.69) is 47.0 Å². The average Bonchev–Trinajstić information content (AvgIpc) is 3.27. The van der Waals surface area contributed by atoms with Crippen LogP contribution in [0, 0.1) is 11.8 Å². The van der Waals surface area contributed by atoms with Crippen LogP contribution in [-0.4, -0.2) is 56.2 Å². The summed E-state index contributed by atoms with van der Waals surface area (Å²) in [5, 5.41) is 9.22. The van der Waals surface area contributed by atoms with E-state index in [0.717, 1.165) is 51.3 Å². The number of esters is 1. The summed E-state index contributed by atoms with van der Waals surface area (Å²) < 4.78 is 5.19. The van der Waals surface area contributed by atoms with Gasteiger partial charge in [0.25, 0.3) is 0 Å². The molecule has 3 rings (SSSR count). The molecule has 176 valence electrons. The number of hydrogen-bond donors (Lipinski definition) is 2. The van der Waals surface area contributed by atoms with Gasteiger partial charge in [-0.1, -0.05) is 6.07 Å². The van der Waals surface area contributed by atoms with Crippen LogP contribution in [0.3, 0.4) is 0 Å². The first-order valence-electron chi connectivity index (χ1n) is 11.6. The largest absolute Gasteiger partial charge is 0.466 e. The minimum Gasteiger partial charge on any atom is -0.466 e. The van der Waals surface area contributed by atoms with Gasteiger partial charge in [0, 0.05) is 30.1 Å². The van der Waals surface area contributed by atoms with Gasteiger partial charge < -0.3 is 15.4 Å². The Kier molecular flexibility index (Phi) is 11.6. The van der Waals surface area contributed by atoms with Crippen molar-refractivity contribution in [3.63, 3.8) is 0 Å². The first-order chi connectivity index (χ1) is 14.6. The molecule has 2 atom stereocenters. The first kappa shape index (κ1) is 26.4. The third-order valence-corrected chi connectivity index (χ3v) is 7.30. The number of carbonyl (C=O) groups excluding carboxylic acids is 1. The van der Waals surface area contributed by atoms with E-state index in [0.29, 0.717) is 24.6 Å². The third kappa shape index (κ3) is 7.60. The molecule has 2 unspecified atom stereocenters. The van der Waals surface area contributed by atoms with Crippen molar-refractivity contribution in [3.05, 3.63) is 22.4 Å². The van der Waals surface area contributed by atoms with Crippen LogP contribution in [0.5, 0.6) is 0 Å². The maximum Gasteiger partial charge on any atom is 0.308 e. The summed E-state index contributed by atoms with van der Waals surface area (Å²) in [4.78, 5) is 20.9. The Morgan fingerprint density at radius 3 is 2.68 bits per heavy atom. The molecule has 2 aliphatic rings. The Morgan fingerprint density at radius 1 is 1.26 bits per heavy atom. The SMILES string of the molecule is CCNC(=NCC1CCCN(C)C1c1cccs1)NC1CCC(C(=O)OCC)CC1.I. The highest BCUT2D eigenvalue weighted by Gasteiger charge is 2.31. The van der Waals surface area contributed by atoms with Gasteiger partial charge in [-0.25, -0.2) is 0 Å². The molecule has 1 aliphatic heterocycles. The van der Waals surface area contributed by atoms with Crippen LogP contribution in [0.15, 0.2) is 22.5 Å². The highest BCUT2D eigenvalue weighted by molar-refractivity contribution is 14.0. The van der Waals surface area contributed by atoms with Gasteiger partial charge in [0.15, 0.2) is 5.96 Å². The lowest BCUT2D eigenvalue weighted by molar-refractivity contribution is -0.149. The minimum absolute atomic E-state index is 0. The second kappa shape index (κ2) is 13.6. The normalized spacial score (nSPS) is 27.3. The van der Waals surface area contributed by atoms with Gasteiger partial charge in [-0.15, -0.1) is 35.3 Å². The Morgan fingerprint density at radius 2 is 2.03 bits per heavy atom. The Bertz CT molecular complexity index is 677. The molecular formula is C23H39IN4O2S. The number of piperidine rings is 1. The molecule has 0 spiro atoms. The minimum atomic E-state index is -0.0300. The van der Waals surface area contributed by atoms with Crippen molar-refractivity contribution in [2.24, 2.45) is 16.8 Å². The molecule has 1 aliphatic carbocycles. The van der Waals surface area contributed by atoms with Crippen LogP contribution in [0.4, 0.5) is 0 Å². The zero-order chi connectivity index (χ0) is 21.3. The maximum absolute atomic E-state index is 12.0. The standard InChI is InChI=1S/C23H38N4O2S.HI/c1-4-24-23(26-19-12-10-17(11-13-19)22(28)29-5-2)25-16-18-8-6-14-27(3)21(18)20-9-7-15-30-20;/h7,9,15,17-19,21H,4-6,8,10-14,16H2,1-3H3,(H2,24,25,26);1H. The highest BCUT2D eigenvalue weighted by Crippen LogP contribution is 2.37. The molecule has 8 heteroatoms. The fraction of sp³-hybridized carbons (Fsp3) is 0.739. The summed E-state index contributed by atoms with van der Waals surface area (Å²) in [7, 11) is 2.24. The second-order valence-electron chi connectivity index (χ2n) is 8.51. The molecule has 0 bridgehead atoms. The number of nitrogens with zero attached hydrogens (tertiary/aromatic N) is 2. The van der Waals surface area contributed by atoms with Crippen LogP contribution in [-0.2, 0) is 9.53 Å². The number of thiophene rings is 1. The second-order valence-corrected chi connectivity index (χ2v) is 9.49. The van der Waals surface area contributed by atoms with Crippen LogP contribution < -0.4 is 10.6 Å². The molecular weight excluding hydrogens is 523 g/mol. The number of aliphatic imine (C=N–C) groups is 1. The molecule has 1 saturated heterocycles. The number of hydrogen-bond acceptors (Lipinski definition) is 5. The van der Waals surface area contributed by atoms with Crippen LogP contribution in [0.2, 0.25) is 0 Å². The van der Waals surface area contributed by atoms with Gasteiger partial charge in [0.2, 0.25) is 0 Å². The molecule has 1 aromatic heterocycles. The number of nitrogens with one attached hydrogen (secondary N) is 2. The molecule has 2 N–H and O–H groups in total. The quantitative estimate of drug-likeness (QED) is 0.223. The Balaban J connectivity index is 0.00000341.